The molecule has 0 aromatic carbocycles. The minimum atomic E-state index is -4.65. The molecule has 1 aromatic rings. The van der Waals surface area contributed by atoms with Crippen LogP contribution in [0.3, 0.4) is 0 Å². The fourth-order valence-corrected chi connectivity index (χ4v) is 2.61. The molecule has 1 saturated carbocycles. The average molecular weight is 310 g/mol. The van der Waals surface area contributed by atoms with Crippen LogP contribution in [0.15, 0.2) is 6.07 Å². The monoisotopic (exact) mass is 309 g/mol. The van der Waals surface area contributed by atoms with Crippen LogP contribution in [0.2, 0.25) is 5.15 Å². The Bertz CT molecular complexity index is 476. The normalized spacial score (nSPS) is 18.9. The van der Waals surface area contributed by atoms with Gasteiger partial charge in [0.2, 0.25) is 5.82 Å². The number of nitrogens with zero attached hydrogens (tertiary/aromatic N) is 2. The van der Waals surface area contributed by atoms with Gasteiger partial charge in [-0.25, -0.2) is 9.97 Å². The third kappa shape index (κ3) is 3.52. The van der Waals surface area contributed by atoms with Gasteiger partial charge in [0.25, 0.3) is 0 Å². The zero-order chi connectivity index (χ0) is 14.8. The predicted molar refractivity (Wildman–Crippen MR) is 68.6 cm³/mol. The van der Waals surface area contributed by atoms with Crippen LogP contribution < -0.4 is 5.32 Å². The summed E-state index contributed by atoms with van der Waals surface area (Å²) < 4.78 is 37.9. The van der Waals surface area contributed by atoms with E-state index in [2.05, 4.69) is 15.3 Å². The van der Waals surface area contributed by atoms with Gasteiger partial charge in [0.1, 0.15) is 11.0 Å². The highest BCUT2D eigenvalue weighted by Gasteiger charge is 2.37. The molecule has 1 aliphatic rings. The van der Waals surface area contributed by atoms with E-state index in [1.165, 1.54) is 6.07 Å². The van der Waals surface area contributed by atoms with E-state index in [4.69, 9.17) is 11.6 Å². The number of rotatable bonds is 3. The van der Waals surface area contributed by atoms with Crippen molar-refractivity contribution in [3.8, 4) is 0 Å². The van der Waals surface area contributed by atoms with E-state index in [0.29, 0.717) is 12.8 Å². The molecule has 0 aliphatic heterocycles. The first kappa shape index (κ1) is 15.3. The lowest BCUT2D eigenvalue weighted by molar-refractivity contribution is -0.144. The highest BCUT2D eigenvalue weighted by Crippen LogP contribution is 2.33. The second kappa shape index (κ2) is 5.73. The maximum Gasteiger partial charge on any atom is 0.451 e. The standard InChI is InChI=1S/C12H15ClF3N3O/c13-8-6-9(18-10(17-8)12(14,15)16)19-11(7-20)4-2-1-3-5-11/h6,20H,1-5,7H2,(H,17,18,19). The van der Waals surface area contributed by atoms with E-state index in [1.54, 1.807) is 0 Å². The highest BCUT2D eigenvalue weighted by atomic mass is 35.5. The van der Waals surface area contributed by atoms with Crippen molar-refractivity contribution < 1.29 is 18.3 Å². The number of nitrogens with one attached hydrogen (secondary N) is 1. The first-order chi connectivity index (χ1) is 9.35. The Morgan fingerprint density at radius 3 is 2.45 bits per heavy atom. The van der Waals surface area contributed by atoms with Gasteiger partial charge in [-0.1, -0.05) is 30.9 Å². The van der Waals surface area contributed by atoms with Crippen LogP contribution in [-0.2, 0) is 6.18 Å². The molecule has 1 fully saturated rings. The number of hydrogen-bond acceptors (Lipinski definition) is 4. The topological polar surface area (TPSA) is 58.0 Å². The summed E-state index contributed by atoms with van der Waals surface area (Å²) in [6, 6.07) is 1.24. The first-order valence-corrected chi connectivity index (χ1v) is 6.73. The Balaban J connectivity index is 2.26. The summed E-state index contributed by atoms with van der Waals surface area (Å²) in [5, 5.41) is 12.2. The highest BCUT2D eigenvalue weighted by molar-refractivity contribution is 6.29. The number of halogens is 4. The van der Waals surface area contributed by atoms with Crippen molar-refractivity contribution in [2.24, 2.45) is 0 Å². The number of aliphatic hydroxyl groups excluding tert-OH is 1. The van der Waals surface area contributed by atoms with Gasteiger partial charge in [-0.3, -0.25) is 0 Å². The molecule has 2 rings (SSSR count). The molecule has 20 heavy (non-hydrogen) atoms. The molecule has 0 bridgehead atoms. The summed E-state index contributed by atoms with van der Waals surface area (Å²) in [4.78, 5) is 6.62. The predicted octanol–water partition coefficient (Wildman–Crippen LogP) is 3.26. The first-order valence-electron chi connectivity index (χ1n) is 6.35. The Labute approximate surface area is 119 Å². The maximum atomic E-state index is 12.6. The van der Waals surface area contributed by atoms with Crippen molar-refractivity contribution in [1.29, 1.82) is 0 Å². The van der Waals surface area contributed by atoms with Gasteiger partial charge < -0.3 is 10.4 Å². The minimum absolute atomic E-state index is 0.00623. The summed E-state index contributed by atoms with van der Waals surface area (Å²) in [6.07, 6.45) is -0.391. The Kier molecular flexibility index (Phi) is 4.39. The number of alkyl halides is 3. The zero-order valence-corrected chi connectivity index (χ0v) is 11.4. The van der Waals surface area contributed by atoms with Crippen LogP contribution in [-0.4, -0.2) is 27.2 Å². The second-order valence-corrected chi connectivity index (χ2v) is 5.41. The van der Waals surface area contributed by atoms with Crippen LogP contribution >= 0.6 is 11.6 Å². The largest absolute Gasteiger partial charge is 0.451 e. The molecular formula is C12H15ClF3N3O. The molecule has 4 nitrogen and oxygen atoms in total. The van der Waals surface area contributed by atoms with Gasteiger partial charge in [-0.15, -0.1) is 0 Å². The maximum absolute atomic E-state index is 12.6. The minimum Gasteiger partial charge on any atom is -0.394 e. The van der Waals surface area contributed by atoms with E-state index in [1.807, 2.05) is 0 Å². The smallest absolute Gasteiger partial charge is 0.394 e. The molecule has 8 heteroatoms. The van der Waals surface area contributed by atoms with E-state index in [-0.39, 0.29) is 17.6 Å². The summed E-state index contributed by atoms with van der Waals surface area (Å²) >= 11 is 5.61. The van der Waals surface area contributed by atoms with Crippen molar-refractivity contribution in [3.05, 3.63) is 17.0 Å². The lowest BCUT2D eigenvalue weighted by Gasteiger charge is -2.37. The average Bonchev–Trinajstić information content (AvgIpc) is 2.38. The molecule has 1 aliphatic carbocycles. The SMILES string of the molecule is OCC1(Nc2cc(Cl)nc(C(F)(F)F)n2)CCCCC1. The van der Waals surface area contributed by atoms with Crippen molar-refractivity contribution >= 4 is 17.4 Å². The van der Waals surface area contributed by atoms with E-state index < -0.39 is 17.5 Å². The molecule has 0 atom stereocenters. The summed E-state index contributed by atoms with van der Waals surface area (Å²) in [6.45, 7) is -0.157. The molecule has 0 unspecified atom stereocenters. The van der Waals surface area contributed by atoms with Crippen LogP contribution in [0.5, 0.6) is 0 Å². The molecular weight excluding hydrogens is 295 g/mol. The van der Waals surface area contributed by atoms with Crippen molar-refractivity contribution in [2.45, 2.75) is 43.8 Å². The van der Waals surface area contributed by atoms with E-state index in [9.17, 15) is 18.3 Å². The molecule has 112 valence electrons. The van der Waals surface area contributed by atoms with Crippen molar-refractivity contribution in [3.63, 3.8) is 0 Å². The van der Waals surface area contributed by atoms with E-state index >= 15 is 0 Å². The van der Waals surface area contributed by atoms with Crippen LogP contribution in [0.4, 0.5) is 19.0 Å². The summed E-state index contributed by atoms with van der Waals surface area (Å²) in [7, 11) is 0. The fraction of sp³-hybridized carbons (Fsp3) is 0.667. The molecule has 0 spiro atoms. The third-order valence-electron chi connectivity index (χ3n) is 3.45. The van der Waals surface area contributed by atoms with Gasteiger partial charge in [-0.05, 0) is 12.8 Å². The Morgan fingerprint density at radius 1 is 1.25 bits per heavy atom. The Morgan fingerprint density at radius 2 is 1.90 bits per heavy atom. The van der Waals surface area contributed by atoms with Crippen LogP contribution in [0, 0.1) is 0 Å². The summed E-state index contributed by atoms with van der Waals surface area (Å²) in [5.74, 6) is -1.29. The number of anilines is 1. The van der Waals surface area contributed by atoms with Gasteiger partial charge in [-0.2, -0.15) is 13.2 Å². The quantitative estimate of drug-likeness (QED) is 0.842. The number of hydrogen-bond donors (Lipinski definition) is 2. The van der Waals surface area contributed by atoms with Crippen LogP contribution in [0.1, 0.15) is 37.9 Å². The lowest BCUT2D eigenvalue weighted by atomic mass is 9.82. The second-order valence-electron chi connectivity index (χ2n) is 5.02. The molecule has 1 aromatic heterocycles. The Hall–Kier alpha value is -1.08. The van der Waals surface area contributed by atoms with Gasteiger partial charge >= 0.3 is 6.18 Å². The van der Waals surface area contributed by atoms with Crippen molar-refractivity contribution in [1.82, 2.24) is 9.97 Å². The molecule has 0 radical (unpaired) electrons. The number of aliphatic hydroxyl groups is 1. The molecule has 1 heterocycles. The zero-order valence-electron chi connectivity index (χ0n) is 10.7. The fourth-order valence-electron chi connectivity index (χ4n) is 2.43. The molecule has 0 saturated heterocycles. The lowest BCUT2D eigenvalue weighted by Crippen LogP contribution is -2.44. The molecule has 0 amide bonds. The van der Waals surface area contributed by atoms with Gasteiger partial charge in [0, 0.05) is 6.07 Å². The van der Waals surface area contributed by atoms with E-state index in [0.717, 1.165) is 19.3 Å². The third-order valence-corrected chi connectivity index (χ3v) is 3.65. The van der Waals surface area contributed by atoms with Gasteiger partial charge in [0.15, 0.2) is 0 Å². The molecule has 2 N–H and O–H groups in total. The van der Waals surface area contributed by atoms with Gasteiger partial charge in [0.05, 0.1) is 12.1 Å². The van der Waals surface area contributed by atoms with Crippen LogP contribution in [0.25, 0.3) is 0 Å². The summed E-state index contributed by atoms with van der Waals surface area (Å²) in [5.41, 5.74) is -0.626. The van der Waals surface area contributed by atoms with Crippen molar-refractivity contribution in [2.75, 3.05) is 11.9 Å². The number of aromatic nitrogens is 2.